The van der Waals surface area contributed by atoms with E-state index in [2.05, 4.69) is 6.07 Å². The molecule has 4 rings (SSSR count). The molecule has 3 nitrogen and oxygen atoms in total. The van der Waals surface area contributed by atoms with E-state index >= 15 is 0 Å². The Hall–Kier alpha value is -3.38. The second-order valence-corrected chi connectivity index (χ2v) is 5.37. The lowest BCUT2D eigenvalue weighted by molar-refractivity contribution is 0.103. The van der Waals surface area contributed by atoms with E-state index < -0.39 is 0 Å². The summed E-state index contributed by atoms with van der Waals surface area (Å²) in [5.74, 6) is -0.0168. The van der Waals surface area contributed by atoms with Crippen LogP contribution in [0.2, 0.25) is 0 Å². The molecule has 2 aromatic carbocycles. The summed E-state index contributed by atoms with van der Waals surface area (Å²) in [5.41, 5.74) is 2.75. The molecule has 0 fully saturated rings. The van der Waals surface area contributed by atoms with Crippen LogP contribution >= 0.6 is 0 Å². The molecule has 0 atom stereocenters. The lowest BCUT2D eigenvalue weighted by atomic mass is 10.0. The Labute approximate surface area is 133 Å². The van der Waals surface area contributed by atoms with Gasteiger partial charge >= 0.3 is 0 Å². The fourth-order valence-corrected chi connectivity index (χ4v) is 2.96. The Kier molecular flexibility index (Phi) is 2.96. The lowest BCUT2D eigenvalue weighted by Crippen LogP contribution is -2.02. The van der Waals surface area contributed by atoms with Crippen LogP contribution in [0, 0.1) is 11.3 Å². The highest BCUT2D eigenvalue weighted by Gasteiger charge is 2.14. The Bertz CT molecular complexity index is 1090. The van der Waals surface area contributed by atoms with Crippen molar-refractivity contribution in [2.24, 2.45) is 0 Å². The third kappa shape index (κ3) is 2.01. The molecule has 3 heteroatoms. The minimum absolute atomic E-state index is 0.0168. The average molecular weight is 296 g/mol. The normalized spacial score (nSPS) is 10.7. The van der Waals surface area contributed by atoms with Gasteiger partial charge in [0, 0.05) is 28.1 Å². The Balaban J connectivity index is 1.97. The average Bonchev–Trinajstić information content (AvgIpc) is 2.95. The van der Waals surface area contributed by atoms with Crippen LogP contribution in [0.3, 0.4) is 0 Å². The van der Waals surface area contributed by atoms with Gasteiger partial charge in [-0.05, 0) is 12.1 Å². The Morgan fingerprint density at radius 3 is 2.30 bits per heavy atom. The van der Waals surface area contributed by atoms with E-state index in [1.165, 1.54) is 0 Å². The van der Waals surface area contributed by atoms with Gasteiger partial charge in [0.25, 0.3) is 0 Å². The first-order chi connectivity index (χ1) is 11.3. The lowest BCUT2D eigenvalue weighted by Gasteiger charge is -2.03. The van der Waals surface area contributed by atoms with Crippen molar-refractivity contribution in [2.45, 2.75) is 0 Å². The van der Waals surface area contributed by atoms with E-state index in [0.717, 1.165) is 16.3 Å². The van der Waals surface area contributed by atoms with E-state index in [1.54, 1.807) is 12.3 Å². The zero-order chi connectivity index (χ0) is 15.8. The van der Waals surface area contributed by atoms with Gasteiger partial charge in [0.05, 0.1) is 5.52 Å². The number of ketones is 1. The van der Waals surface area contributed by atoms with E-state index in [9.17, 15) is 10.1 Å². The zero-order valence-corrected chi connectivity index (χ0v) is 12.2. The zero-order valence-electron chi connectivity index (χ0n) is 12.2. The van der Waals surface area contributed by atoms with Crippen LogP contribution in [0.4, 0.5) is 0 Å². The number of aromatic nitrogens is 1. The summed E-state index contributed by atoms with van der Waals surface area (Å²) in [4.78, 5) is 12.6. The maximum atomic E-state index is 12.6. The van der Waals surface area contributed by atoms with Crippen molar-refractivity contribution >= 4 is 22.1 Å². The molecule has 23 heavy (non-hydrogen) atoms. The molecule has 2 aromatic heterocycles. The van der Waals surface area contributed by atoms with Crippen LogP contribution in [0.5, 0.6) is 0 Å². The summed E-state index contributed by atoms with van der Waals surface area (Å²) in [6.07, 6.45) is 1.80. The molecule has 108 valence electrons. The molecule has 0 aliphatic carbocycles. The molecule has 2 heterocycles. The van der Waals surface area contributed by atoms with Crippen molar-refractivity contribution in [2.75, 3.05) is 0 Å². The first-order valence-electron chi connectivity index (χ1n) is 7.32. The summed E-state index contributed by atoms with van der Waals surface area (Å²) in [7, 11) is 0. The van der Waals surface area contributed by atoms with Gasteiger partial charge in [0.15, 0.2) is 5.78 Å². The highest BCUT2D eigenvalue weighted by Crippen LogP contribution is 2.27. The second kappa shape index (κ2) is 5.11. The van der Waals surface area contributed by atoms with Crippen molar-refractivity contribution in [3.05, 3.63) is 89.7 Å². The number of hydrogen-bond acceptors (Lipinski definition) is 2. The number of nitrogens with zero attached hydrogens (tertiary/aromatic N) is 2. The smallest absolute Gasteiger partial charge is 0.193 e. The molecule has 0 aliphatic heterocycles. The first kappa shape index (κ1) is 13.3. The highest BCUT2D eigenvalue weighted by molar-refractivity contribution is 6.11. The molecule has 0 unspecified atom stereocenters. The predicted octanol–water partition coefficient (Wildman–Crippen LogP) is 4.20. The van der Waals surface area contributed by atoms with Gasteiger partial charge < -0.3 is 4.40 Å². The van der Waals surface area contributed by atoms with Crippen LogP contribution < -0.4 is 0 Å². The van der Waals surface area contributed by atoms with Crippen molar-refractivity contribution < 1.29 is 4.79 Å². The second-order valence-electron chi connectivity index (χ2n) is 5.37. The maximum Gasteiger partial charge on any atom is 0.193 e. The monoisotopic (exact) mass is 296 g/mol. The molecule has 0 saturated heterocycles. The summed E-state index contributed by atoms with van der Waals surface area (Å²) in [6, 6.07) is 22.8. The number of nitriles is 1. The Morgan fingerprint density at radius 2 is 1.57 bits per heavy atom. The van der Waals surface area contributed by atoms with E-state index in [-0.39, 0.29) is 5.78 Å². The van der Waals surface area contributed by atoms with Crippen LogP contribution in [-0.4, -0.2) is 10.2 Å². The van der Waals surface area contributed by atoms with Crippen molar-refractivity contribution in [1.29, 1.82) is 5.26 Å². The Morgan fingerprint density at radius 1 is 0.870 bits per heavy atom. The number of benzene rings is 2. The molecule has 0 saturated carbocycles. The third-order valence-electron chi connectivity index (χ3n) is 4.06. The van der Waals surface area contributed by atoms with Crippen LogP contribution in [0.25, 0.3) is 16.3 Å². The number of carbonyl (C=O) groups is 1. The topological polar surface area (TPSA) is 45.3 Å². The molecule has 0 bridgehead atoms. The SMILES string of the molecule is N#Cc1c2ccccc2c2cc(C(=O)c3ccccc3)ccn12. The molecule has 0 spiro atoms. The molecular weight excluding hydrogens is 284 g/mol. The summed E-state index contributed by atoms with van der Waals surface area (Å²) in [5, 5.41) is 11.3. The number of rotatable bonds is 2. The van der Waals surface area contributed by atoms with Gasteiger partial charge in [-0.2, -0.15) is 5.26 Å². The minimum atomic E-state index is -0.0168. The summed E-state index contributed by atoms with van der Waals surface area (Å²) < 4.78 is 1.84. The first-order valence-corrected chi connectivity index (χ1v) is 7.32. The van der Waals surface area contributed by atoms with Gasteiger partial charge in [-0.15, -0.1) is 0 Å². The van der Waals surface area contributed by atoms with Crippen molar-refractivity contribution in [3.8, 4) is 6.07 Å². The minimum Gasteiger partial charge on any atom is -0.307 e. The van der Waals surface area contributed by atoms with E-state index in [4.69, 9.17) is 0 Å². The van der Waals surface area contributed by atoms with Crippen molar-refractivity contribution in [3.63, 3.8) is 0 Å². The fraction of sp³-hybridized carbons (Fsp3) is 0. The van der Waals surface area contributed by atoms with Gasteiger partial charge in [-0.1, -0.05) is 54.6 Å². The maximum absolute atomic E-state index is 12.6. The van der Waals surface area contributed by atoms with E-state index in [0.29, 0.717) is 16.8 Å². The molecule has 0 amide bonds. The van der Waals surface area contributed by atoms with Gasteiger partial charge in [0.2, 0.25) is 0 Å². The molecule has 0 N–H and O–H groups in total. The predicted molar refractivity (Wildman–Crippen MR) is 89.5 cm³/mol. The van der Waals surface area contributed by atoms with Crippen LogP contribution in [-0.2, 0) is 0 Å². The van der Waals surface area contributed by atoms with Gasteiger partial charge in [-0.25, -0.2) is 0 Å². The van der Waals surface area contributed by atoms with Crippen LogP contribution in [0.1, 0.15) is 21.6 Å². The molecular formula is C20H12N2O. The standard InChI is InChI=1S/C20H12N2O/c21-13-19-17-9-5-4-8-16(17)18-12-15(10-11-22(18)19)20(23)14-6-2-1-3-7-14/h1-12H. The fourth-order valence-electron chi connectivity index (χ4n) is 2.96. The van der Waals surface area contributed by atoms with Crippen molar-refractivity contribution in [1.82, 2.24) is 4.40 Å². The molecule has 4 aromatic rings. The molecule has 0 radical (unpaired) electrons. The number of hydrogen-bond donors (Lipinski definition) is 0. The number of fused-ring (bicyclic) bond motifs is 3. The van der Waals surface area contributed by atoms with Gasteiger partial charge in [-0.3, -0.25) is 4.79 Å². The number of pyridine rings is 1. The quantitative estimate of drug-likeness (QED) is 0.520. The summed E-state index contributed by atoms with van der Waals surface area (Å²) in [6.45, 7) is 0. The molecule has 0 aliphatic rings. The van der Waals surface area contributed by atoms with E-state index in [1.807, 2.05) is 65.1 Å². The highest BCUT2D eigenvalue weighted by atomic mass is 16.1. The summed E-state index contributed by atoms with van der Waals surface area (Å²) >= 11 is 0. The van der Waals surface area contributed by atoms with Crippen LogP contribution in [0.15, 0.2) is 72.9 Å². The number of carbonyl (C=O) groups excluding carboxylic acids is 1. The largest absolute Gasteiger partial charge is 0.307 e. The van der Waals surface area contributed by atoms with Gasteiger partial charge in [0.1, 0.15) is 11.8 Å². The third-order valence-corrected chi connectivity index (χ3v) is 4.06.